The molecule has 4 atom stereocenters. The van der Waals surface area contributed by atoms with Gasteiger partial charge in [0.1, 0.15) is 23.5 Å². The summed E-state index contributed by atoms with van der Waals surface area (Å²) in [4.78, 5) is 32.3. The third kappa shape index (κ3) is 6.01. The van der Waals surface area contributed by atoms with Crippen LogP contribution in [-0.4, -0.2) is 66.8 Å². The first-order valence-corrected chi connectivity index (χ1v) is 14.2. The summed E-state index contributed by atoms with van der Waals surface area (Å²) in [6.07, 6.45) is 2.00. The van der Waals surface area contributed by atoms with E-state index >= 15 is 4.39 Å². The number of nitrogens with one attached hydrogen (secondary N) is 1. The van der Waals surface area contributed by atoms with E-state index in [1.165, 1.54) is 11.8 Å². The maximum absolute atomic E-state index is 15.2. The monoisotopic (exact) mass is 547 g/mol. The number of fused-ring (bicyclic) bond motifs is 2. The molecule has 40 heavy (non-hydrogen) atoms. The van der Waals surface area contributed by atoms with E-state index in [-0.39, 0.29) is 24.3 Å². The molecular formula is C31H38FN5O3. The number of ether oxygens (including phenoxy) is 1. The average Bonchev–Trinajstić information content (AvgIpc) is 3.55. The van der Waals surface area contributed by atoms with Crippen molar-refractivity contribution in [3.05, 3.63) is 59.9 Å². The summed E-state index contributed by atoms with van der Waals surface area (Å²) in [5, 5.41) is 12.6. The number of piperidine rings is 1. The zero-order chi connectivity index (χ0) is 28.4. The minimum Gasteiger partial charge on any atom is -0.444 e. The first-order valence-electron chi connectivity index (χ1n) is 14.2. The molecule has 5 rings (SSSR count). The van der Waals surface area contributed by atoms with Gasteiger partial charge in [-0.25, -0.2) is 9.18 Å². The fourth-order valence-electron chi connectivity index (χ4n) is 6.27. The molecule has 2 aliphatic heterocycles. The van der Waals surface area contributed by atoms with Gasteiger partial charge in [-0.2, -0.15) is 5.26 Å². The van der Waals surface area contributed by atoms with Crippen LogP contribution in [0.4, 0.5) is 20.6 Å². The van der Waals surface area contributed by atoms with Gasteiger partial charge in [0, 0.05) is 50.0 Å². The second-order valence-corrected chi connectivity index (χ2v) is 12.0. The molecule has 9 heteroatoms. The first-order chi connectivity index (χ1) is 19.1. The number of likely N-dealkylation sites (tertiary alicyclic amines) is 1. The van der Waals surface area contributed by atoms with Crippen molar-refractivity contribution in [2.24, 2.45) is 5.92 Å². The van der Waals surface area contributed by atoms with Crippen LogP contribution >= 0.6 is 0 Å². The van der Waals surface area contributed by atoms with Gasteiger partial charge in [-0.15, -0.1) is 0 Å². The predicted octanol–water partition coefficient (Wildman–Crippen LogP) is 4.49. The fraction of sp³-hybridized carbons (Fsp3) is 0.516. The number of carbonyl (C=O) groups excluding carboxylic acids is 2. The quantitative estimate of drug-likeness (QED) is 0.573. The summed E-state index contributed by atoms with van der Waals surface area (Å²) >= 11 is 0. The number of amides is 2. The molecule has 3 fully saturated rings. The van der Waals surface area contributed by atoms with E-state index in [1.807, 2.05) is 24.3 Å². The number of rotatable bonds is 6. The van der Waals surface area contributed by atoms with Crippen molar-refractivity contribution in [3.8, 4) is 6.07 Å². The number of nitrogens with zero attached hydrogens (tertiary/aromatic N) is 4. The average molecular weight is 548 g/mol. The molecule has 3 aliphatic rings. The van der Waals surface area contributed by atoms with Crippen LogP contribution in [0.15, 0.2) is 48.5 Å². The molecule has 2 amide bonds. The Morgan fingerprint density at radius 1 is 1.05 bits per heavy atom. The van der Waals surface area contributed by atoms with Crippen LogP contribution in [0.25, 0.3) is 0 Å². The number of benzene rings is 2. The number of para-hydroxylation sites is 1. The summed E-state index contributed by atoms with van der Waals surface area (Å²) in [5.41, 5.74) is 1.69. The van der Waals surface area contributed by atoms with Gasteiger partial charge in [0.25, 0.3) is 0 Å². The highest BCUT2D eigenvalue weighted by atomic mass is 19.1. The molecule has 2 aromatic carbocycles. The Morgan fingerprint density at radius 3 is 2.35 bits per heavy atom. The fourth-order valence-corrected chi connectivity index (χ4v) is 6.27. The van der Waals surface area contributed by atoms with Gasteiger partial charge in [0.15, 0.2) is 0 Å². The highest BCUT2D eigenvalue weighted by Gasteiger charge is 2.52. The van der Waals surface area contributed by atoms with Gasteiger partial charge in [-0.05, 0) is 75.8 Å². The van der Waals surface area contributed by atoms with E-state index in [0.717, 1.165) is 51.1 Å². The molecule has 1 N–H and O–H groups in total. The van der Waals surface area contributed by atoms with Gasteiger partial charge < -0.3 is 19.9 Å². The van der Waals surface area contributed by atoms with E-state index in [4.69, 9.17) is 4.74 Å². The molecule has 1 saturated carbocycles. The van der Waals surface area contributed by atoms with Crippen LogP contribution in [0.1, 0.15) is 45.6 Å². The SMILES string of the molecule is CC(C)(C)OC(=O)N1[C@@H]2CC[C@@H](C2)[C@H]1C(=O)N[C@H](C#N)Cc1ccc(N2CCN(c3ccccc3)CC2)cc1F. The zero-order valence-electron chi connectivity index (χ0n) is 23.5. The third-order valence-corrected chi connectivity index (χ3v) is 8.16. The summed E-state index contributed by atoms with van der Waals surface area (Å²) in [6, 6.07) is 15.8. The first kappa shape index (κ1) is 27.8. The number of anilines is 2. The van der Waals surface area contributed by atoms with Gasteiger partial charge in [0.2, 0.25) is 5.91 Å². The van der Waals surface area contributed by atoms with Crippen molar-refractivity contribution in [3.63, 3.8) is 0 Å². The second-order valence-electron chi connectivity index (χ2n) is 12.0. The number of piperazine rings is 1. The lowest BCUT2D eigenvalue weighted by atomic mass is 9.97. The normalized spacial score (nSPS) is 23.1. The largest absolute Gasteiger partial charge is 0.444 e. The number of carbonyl (C=O) groups is 2. The zero-order valence-corrected chi connectivity index (χ0v) is 23.5. The molecule has 2 saturated heterocycles. The van der Waals surface area contributed by atoms with Crippen molar-refractivity contribution in [2.45, 2.75) is 70.2 Å². The second kappa shape index (κ2) is 11.4. The van der Waals surface area contributed by atoms with Crippen molar-refractivity contribution < 1.29 is 18.7 Å². The molecular weight excluding hydrogens is 509 g/mol. The lowest BCUT2D eigenvalue weighted by Crippen LogP contribution is -2.55. The maximum Gasteiger partial charge on any atom is 0.411 e. The van der Waals surface area contributed by atoms with E-state index in [2.05, 4.69) is 33.3 Å². The van der Waals surface area contributed by atoms with E-state index < -0.39 is 29.6 Å². The molecule has 0 spiro atoms. The van der Waals surface area contributed by atoms with Gasteiger partial charge >= 0.3 is 6.09 Å². The number of nitriles is 1. The third-order valence-electron chi connectivity index (χ3n) is 8.16. The van der Waals surface area contributed by atoms with Gasteiger partial charge in [-0.3, -0.25) is 9.69 Å². The molecule has 2 aromatic rings. The Kier molecular flexibility index (Phi) is 7.88. The van der Waals surface area contributed by atoms with Gasteiger partial charge in [0.05, 0.1) is 6.07 Å². The summed E-state index contributed by atoms with van der Waals surface area (Å²) in [7, 11) is 0. The summed E-state index contributed by atoms with van der Waals surface area (Å²) in [6.45, 7) is 8.64. The Morgan fingerprint density at radius 2 is 1.73 bits per heavy atom. The van der Waals surface area contributed by atoms with E-state index in [0.29, 0.717) is 5.56 Å². The standard InChI is InChI=1S/C31H38FN5O3/c1-31(2,3)40-30(39)37-26-12-10-22(18-26)28(37)29(38)34-23(20-33)17-21-9-11-25(19-27(21)32)36-15-13-35(14-16-36)24-7-5-4-6-8-24/h4-9,11,19,22-23,26,28H,10,12-18H2,1-3H3,(H,34,38)/t22-,23-,26+,28-/m0/s1. The smallest absolute Gasteiger partial charge is 0.411 e. The summed E-state index contributed by atoms with van der Waals surface area (Å²) in [5.74, 6) is -0.735. The Labute approximate surface area is 235 Å². The molecule has 212 valence electrons. The van der Waals surface area contributed by atoms with Crippen LogP contribution in [0.5, 0.6) is 0 Å². The van der Waals surface area contributed by atoms with Crippen LogP contribution in [-0.2, 0) is 16.0 Å². The van der Waals surface area contributed by atoms with Crippen molar-refractivity contribution in [2.75, 3.05) is 36.0 Å². The van der Waals surface area contributed by atoms with Crippen LogP contribution in [0.3, 0.4) is 0 Å². The van der Waals surface area contributed by atoms with Crippen LogP contribution < -0.4 is 15.1 Å². The molecule has 2 heterocycles. The van der Waals surface area contributed by atoms with Crippen LogP contribution in [0, 0.1) is 23.1 Å². The van der Waals surface area contributed by atoms with Crippen molar-refractivity contribution in [1.29, 1.82) is 5.26 Å². The minimum absolute atomic E-state index is 0.0318. The van der Waals surface area contributed by atoms with E-state index in [1.54, 1.807) is 31.7 Å². The molecule has 1 aliphatic carbocycles. The van der Waals surface area contributed by atoms with Gasteiger partial charge in [-0.1, -0.05) is 24.3 Å². The van der Waals surface area contributed by atoms with Crippen molar-refractivity contribution >= 4 is 23.4 Å². The highest BCUT2D eigenvalue weighted by Crippen LogP contribution is 2.43. The number of hydrogen-bond acceptors (Lipinski definition) is 6. The van der Waals surface area contributed by atoms with E-state index in [9.17, 15) is 14.9 Å². The number of hydrogen-bond donors (Lipinski definition) is 1. The Hall–Kier alpha value is -3.80. The summed E-state index contributed by atoms with van der Waals surface area (Å²) < 4.78 is 20.8. The molecule has 0 aromatic heterocycles. The topological polar surface area (TPSA) is 88.9 Å². The molecule has 0 unspecified atom stereocenters. The minimum atomic E-state index is -0.915. The van der Waals surface area contributed by atoms with Crippen LogP contribution in [0.2, 0.25) is 0 Å². The lowest BCUT2D eigenvalue weighted by molar-refractivity contribution is -0.128. The maximum atomic E-state index is 15.2. The highest BCUT2D eigenvalue weighted by molar-refractivity contribution is 5.87. The predicted molar refractivity (Wildman–Crippen MR) is 152 cm³/mol. The Bertz CT molecular complexity index is 1270. The van der Waals surface area contributed by atoms with Crippen molar-refractivity contribution in [1.82, 2.24) is 10.2 Å². The molecule has 8 nitrogen and oxygen atoms in total. The molecule has 2 bridgehead atoms. The Balaban J connectivity index is 1.20. The molecule has 0 radical (unpaired) electrons. The number of halogens is 1. The lowest BCUT2D eigenvalue weighted by Gasteiger charge is -2.37.